The molecule has 0 aromatic heterocycles. The van der Waals surface area contributed by atoms with E-state index < -0.39 is 23.7 Å². The molecular weight excluding hydrogens is 349 g/mol. The number of halogens is 1. The molecule has 2 aromatic rings. The minimum atomic E-state index is -0.866. The average Bonchev–Trinajstić information content (AvgIpc) is 3.09. The number of amides is 3. The summed E-state index contributed by atoms with van der Waals surface area (Å²) in [6, 6.07) is 11.6. The molecule has 27 heavy (non-hydrogen) atoms. The number of nitrogens with one attached hydrogen (secondary N) is 2. The first kappa shape index (κ1) is 18.6. The zero-order valence-electron chi connectivity index (χ0n) is 14.9. The number of benzene rings is 2. The van der Waals surface area contributed by atoms with Crippen molar-refractivity contribution in [2.75, 3.05) is 16.8 Å². The van der Waals surface area contributed by atoms with Crippen LogP contribution < -0.4 is 15.5 Å². The van der Waals surface area contributed by atoms with Crippen molar-refractivity contribution < 1.29 is 18.8 Å². The molecule has 2 aromatic carbocycles. The van der Waals surface area contributed by atoms with Crippen LogP contribution in [-0.4, -0.2) is 30.3 Å². The van der Waals surface area contributed by atoms with Gasteiger partial charge in [-0.15, -0.1) is 0 Å². The first-order chi connectivity index (χ1) is 13.0. The molecule has 3 amide bonds. The van der Waals surface area contributed by atoms with Crippen LogP contribution in [0.15, 0.2) is 48.5 Å². The van der Waals surface area contributed by atoms with Crippen LogP contribution in [-0.2, 0) is 9.59 Å². The van der Waals surface area contributed by atoms with E-state index in [0.29, 0.717) is 24.2 Å². The number of para-hydroxylation sites is 1. The fourth-order valence-corrected chi connectivity index (χ4v) is 2.89. The number of carbonyl (C=O) groups excluding carboxylic acids is 3. The van der Waals surface area contributed by atoms with Crippen molar-refractivity contribution >= 4 is 29.1 Å². The molecule has 1 saturated heterocycles. The maximum Gasteiger partial charge on any atom is 0.251 e. The van der Waals surface area contributed by atoms with Gasteiger partial charge in [-0.3, -0.25) is 14.4 Å². The Hall–Kier alpha value is -3.22. The quantitative estimate of drug-likeness (QED) is 0.851. The highest BCUT2D eigenvalue weighted by molar-refractivity contribution is 6.02. The van der Waals surface area contributed by atoms with E-state index in [1.165, 1.54) is 25.1 Å². The van der Waals surface area contributed by atoms with Gasteiger partial charge in [-0.1, -0.05) is 18.2 Å². The van der Waals surface area contributed by atoms with E-state index in [0.717, 1.165) is 6.42 Å². The van der Waals surface area contributed by atoms with Crippen LogP contribution in [0.5, 0.6) is 0 Å². The molecule has 0 saturated carbocycles. The highest BCUT2D eigenvalue weighted by atomic mass is 19.1. The fraction of sp³-hybridized carbons (Fsp3) is 0.250. The maximum atomic E-state index is 13.6. The van der Waals surface area contributed by atoms with E-state index in [2.05, 4.69) is 10.6 Å². The molecule has 1 aliphatic rings. The van der Waals surface area contributed by atoms with E-state index >= 15 is 0 Å². The Morgan fingerprint density at radius 2 is 1.93 bits per heavy atom. The van der Waals surface area contributed by atoms with Crippen LogP contribution in [0.25, 0.3) is 0 Å². The summed E-state index contributed by atoms with van der Waals surface area (Å²) < 4.78 is 13.6. The lowest BCUT2D eigenvalue weighted by atomic mass is 10.1. The zero-order valence-corrected chi connectivity index (χ0v) is 14.9. The zero-order chi connectivity index (χ0) is 19.4. The largest absolute Gasteiger partial charge is 0.341 e. The summed E-state index contributed by atoms with van der Waals surface area (Å²) in [6.45, 7) is 2.15. The Labute approximate surface area is 156 Å². The molecule has 1 aliphatic heterocycles. The minimum Gasteiger partial charge on any atom is -0.341 e. The van der Waals surface area contributed by atoms with E-state index in [9.17, 15) is 18.8 Å². The van der Waals surface area contributed by atoms with Gasteiger partial charge in [0.1, 0.15) is 11.9 Å². The Morgan fingerprint density at radius 1 is 1.15 bits per heavy atom. The number of anilines is 2. The van der Waals surface area contributed by atoms with E-state index in [1.807, 2.05) is 0 Å². The van der Waals surface area contributed by atoms with Crippen LogP contribution in [0.3, 0.4) is 0 Å². The highest BCUT2D eigenvalue weighted by Crippen LogP contribution is 2.22. The lowest BCUT2D eigenvalue weighted by Crippen LogP contribution is -2.41. The number of hydrogen-bond acceptors (Lipinski definition) is 3. The van der Waals surface area contributed by atoms with E-state index in [4.69, 9.17) is 0 Å². The monoisotopic (exact) mass is 369 g/mol. The summed E-state index contributed by atoms with van der Waals surface area (Å²) >= 11 is 0. The topological polar surface area (TPSA) is 78.5 Å². The predicted molar refractivity (Wildman–Crippen MR) is 100.0 cm³/mol. The summed E-state index contributed by atoms with van der Waals surface area (Å²) in [4.78, 5) is 38.2. The van der Waals surface area contributed by atoms with Crippen molar-refractivity contribution in [3.8, 4) is 0 Å². The molecule has 1 atom stereocenters. The number of carbonyl (C=O) groups is 3. The van der Waals surface area contributed by atoms with E-state index in [-0.39, 0.29) is 11.6 Å². The Kier molecular flexibility index (Phi) is 5.49. The second-order valence-electron chi connectivity index (χ2n) is 6.36. The number of nitrogens with zero attached hydrogens (tertiary/aromatic N) is 1. The molecule has 140 valence electrons. The summed E-state index contributed by atoms with van der Waals surface area (Å²) in [7, 11) is 0. The normalized spacial score (nSPS) is 14.7. The van der Waals surface area contributed by atoms with Gasteiger partial charge in [0.2, 0.25) is 11.8 Å². The molecule has 6 nitrogen and oxygen atoms in total. The number of hydrogen-bond donors (Lipinski definition) is 2. The number of rotatable bonds is 5. The molecule has 7 heteroatoms. The van der Waals surface area contributed by atoms with Crippen LogP contribution in [0.1, 0.15) is 30.1 Å². The van der Waals surface area contributed by atoms with Gasteiger partial charge in [0.25, 0.3) is 5.91 Å². The lowest BCUT2D eigenvalue weighted by Gasteiger charge is -2.18. The van der Waals surface area contributed by atoms with Gasteiger partial charge in [0.05, 0.1) is 5.69 Å². The third kappa shape index (κ3) is 4.31. The van der Waals surface area contributed by atoms with Gasteiger partial charge in [-0.2, -0.15) is 0 Å². The van der Waals surface area contributed by atoms with Crippen molar-refractivity contribution in [2.24, 2.45) is 0 Å². The first-order valence-corrected chi connectivity index (χ1v) is 8.72. The minimum absolute atomic E-state index is 0.0326. The first-order valence-electron chi connectivity index (χ1n) is 8.72. The lowest BCUT2D eigenvalue weighted by molar-refractivity contribution is -0.118. The maximum absolute atomic E-state index is 13.6. The Balaban J connectivity index is 1.65. The summed E-state index contributed by atoms with van der Waals surface area (Å²) in [5.74, 6) is -1.49. The molecule has 0 radical (unpaired) electrons. The third-order valence-corrected chi connectivity index (χ3v) is 4.37. The van der Waals surface area contributed by atoms with Crippen molar-refractivity contribution in [1.82, 2.24) is 5.32 Å². The molecule has 1 unspecified atom stereocenters. The summed E-state index contributed by atoms with van der Waals surface area (Å²) in [6.07, 6.45) is 1.30. The van der Waals surface area contributed by atoms with Crippen molar-refractivity contribution in [3.63, 3.8) is 0 Å². The standard InChI is InChI=1S/C20H20FN3O3/c1-13(19(26)23-17-9-3-2-8-16(17)21)22-20(27)14-6-4-7-15(12-14)24-11-5-10-18(24)25/h2-4,6-9,12-13H,5,10-11H2,1H3,(H,22,27)(H,23,26). The predicted octanol–water partition coefficient (Wildman–Crippen LogP) is 2.71. The van der Waals surface area contributed by atoms with Gasteiger partial charge in [0.15, 0.2) is 0 Å². The molecule has 0 bridgehead atoms. The SMILES string of the molecule is CC(NC(=O)c1cccc(N2CCCC2=O)c1)C(=O)Nc1ccccc1F. The Morgan fingerprint density at radius 3 is 2.63 bits per heavy atom. The molecule has 1 heterocycles. The fourth-order valence-electron chi connectivity index (χ4n) is 2.89. The molecule has 2 N–H and O–H groups in total. The molecular formula is C20H20FN3O3. The van der Waals surface area contributed by atoms with Gasteiger partial charge >= 0.3 is 0 Å². The third-order valence-electron chi connectivity index (χ3n) is 4.37. The van der Waals surface area contributed by atoms with Gasteiger partial charge in [-0.05, 0) is 43.7 Å². The van der Waals surface area contributed by atoms with Crippen LogP contribution in [0, 0.1) is 5.82 Å². The second-order valence-corrected chi connectivity index (χ2v) is 6.36. The molecule has 1 fully saturated rings. The average molecular weight is 369 g/mol. The van der Waals surface area contributed by atoms with Crippen LogP contribution in [0.2, 0.25) is 0 Å². The molecule has 3 rings (SSSR count). The van der Waals surface area contributed by atoms with E-state index in [1.54, 1.807) is 35.2 Å². The smallest absolute Gasteiger partial charge is 0.251 e. The molecule has 0 aliphatic carbocycles. The van der Waals surface area contributed by atoms with Crippen LogP contribution in [0.4, 0.5) is 15.8 Å². The van der Waals surface area contributed by atoms with Crippen molar-refractivity contribution in [1.29, 1.82) is 0 Å². The summed E-state index contributed by atoms with van der Waals surface area (Å²) in [5, 5.41) is 5.03. The van der Waals surface area contributed by atoms with Gasteiger partial charge in [0, 0.05) is 24.2 Å². The van der Waals surface area contributed by atoms with Crippen molar-refractivity contribution in [3.05, 3.63) is 59.9 Å². The van der Waals surface area contributed by atoms with Gasteiger partial charge < -0.3 is 15.5 Å². The molecule has 0 spiro atoms. The van der Waals surface area contributed by atoms with Crippen LogP contribution >= 0.6 is 0 Å². The Bertz CT molecular complexity index is 884. The summed E-state index contributed by atoms with van der Waals surface area (Å²) in [5.41, 5.74) is 1.06. The van der Waals surface area contributed by atoms with Crippen molar-refractivity contribution in [2.45, 2.75) is 25.8 Å². The highest BCUT2D eigenvalue weighted by Gasteiger charge is 2.23. The second kappa shape index (κ2) is 7.99. The van der Waals surface area contributed by atoms with Gasteiger partial charge in [-0.25, -0.2) is 4.39 Å².